The van der Waals surface area contributed by atoms with E-state index in [9.17, 15) is 14.0 Å². The van der Waals surface area contributed by atoms with Gasteiger partial charge in [-0.3, -0.25) is 4.79 Å². The Morgan fingerprint density at radius 3 is 2.76 bits per heavy atom. The van der Waals surface area contributed by atoms with Gasteiger partial charge in [0.05, 0.1) is 13.0 Å². The lowest BCUT2D eigenvalue weighted by Gasteiger charge is -2.05. The number of thiophene rings is 1. The molecule has 3 aromatic rings. The van der Waals surface area contributed by atoms with Crippen LogP contribution in [0.3, 0.4) is 0 Å². The van der Waals surface area contributed by atoms with E-state index in [2.05, 4.69) is 5.32 Å². The number of hydrogen-bond acceptors (Lipinski definition) is 4. The smallest absolute Gasteiger partial charge is 0.348 e. The van der Waals surface area contributed by atoms with Crippen LogP contribution in [0.2, 0.25) is 0 Å². The standard InChI is InChI=1S/C19H16FNO3S/c1-2-24-19(23)17-11-13-10-15(6-7-16(13)25-17)21-18(22)9-12-4-3-5-14(20)8-12/h3-8,10-11H,2,9H2,1H3,(H,21,22). The molecule has 0 aliphatic rings. The van der Waals surface area contributed by atoms with Crippen molar-refractivity contribution in [3.63, 3.8) is 0 Å². The number of esters is 1. The third kappa shape index (κ3) is 4.22. The Labute approximate surface area is 148 Å². The van der Waals surface area contributed by atoms with Crippen molar-refractivity contribution in [2.24, 2.45) is 0 Å². The van der Waals surface area contributed by atoms with Crippen LogP contribution in [-0.4, -0.2) is 18.5 Å². The Hall–Kier alpha value is -2.73. The van der Waals surface area contributed by atoms with Gasteiger partial charge in [0.15, 0.2) is 0 Å². The molecule has 1 heterocycles. The predicted molar refractivity (Wildman–Crippen MR) is 96.5 cm³/mol. The highest BCUT2D eigenvalue weighted by Gasteiger charge is 2.12. The summed E-state index contributed by atoms with van der Waals surface area (Å²) in [6.07, 6.45) is 0.0908. The summed E-state index contributed by atoms with van der Waals surface area (Å²) in [5.74, 6) is -0.942. The maximum Gasteiger partial charge on any atom is 0.348 e. The first kappa shape index (κ1) is 17.1. The van der Waals surface area contributed by atoms with Crippen molar-refractivity contribution < 1.29 is 18.7 Å². The fourth-order valence-electron chi connectivity index (χ4n) is 2.46. The number of amides is 1. The van der Waals surface area contributed by atoms with Gasteiger partial charge in [-0.2, -0.15) is 0 Å². The lowest BCUT2D eigenvalue weighted by atomic mass is 10.1. The molecule has 0 fully saturated rings. The molecule has 0 bridgehead atoms. The third-order valence-corrected chi connectivity index (χ3v) is 4.63. The first-order valence-corrected chi connectivity index (χ1v) is 8.62. The minimum Gasteiger partial charge on any atom is -0.462 e. The number of carbonyl (C=O) groups excluding carboxylic acids is 2. The summed E-state index contributed by atoms with van der Waals surface area (Å²) in [6.45, 7) is 2.09. The van der Waals surface area contributed by atoms with Crippen molar-refractivity contribution in [3.05, 3.63) is 64.8 Å². The number of halogens is 1. The van der Waals surface area contributed by atoms with Crippen molar-refractivity contribution in [1.29, 1.82) is 0 Å². The van der Waals surface area contributed by atoms with Gasteiger partial charge >= 0.3 is 5.97 Å². The Kier molecular flexibility index (Phi) is 5.09. The quantitative estimate of drug-likeness (QED) is 0.689. The minimum atomic E-state index is -0.364. The molecule has 0 atom stereocenters. The molecule has 6 heteroatoms. The van der Waals surface area contributed by atoms with E-state index in [4.69, 9.17) is 4.74 Å². The van der Waals surface area contributed by atoms with Gasteiger partial charge in [-0.05, 0) is 54.3 Å². The summed E-state index contributed by atoms with van der Waals surface area (Å²) in [6, 6.07) is 13.1. The Morgan fingerprint density at radius 2 is 2.00 bits per heavy atom. The summed E-state index contributed by atoms with van der Waals surface area (Å²) in [7, 11) is 0. The van der Waals surface area contributed by atoms with Crippen molar-refractivity contribution in [2.45, 2.75) is 13.3 Å². The summed E-state index contributed by atoms with van der Waals surface area (Å²) < 4.78 is 19.1. The second-order valence-corrected chi connectivity index (χ2v) is 6.52. The van der Waals surface area contributed by atoms with Crippen LogP contribution in [0.5, 0.6) is 0 Å². The molecule has 0 unspecified atom stereocenters. The lowest BCUT2D eigenvalue weighted by molar-refractivity contribution is -0.115. The van der Waals surface area contributed by atoms with Gasteiger partial charge in [0.2, 0.25) is 5.91 Å². The van der Waals surface area contributed by atoms with E-state index in [1.54, 1.807) is 37.3 Å². The molecule has 128 valence electrons. The molecule has 0 aliphatic heterocycles. The van der Waals surface area contributed by atoms with E-state index in [1.165, 1.54) is 23.5 Å². The average Bonchev–Trinajstić information content (AvgIpc) is 2.98. The van der Waals surface area contributed by atoms with Gasteiger partial charge in [-0.15, -0.1) is 11.3 Å². The first-order chi connectivity index (χ1) is 12.0. The van der Waals surface area contributed by atoms with E-state index in [-0.39, 0.29) is 24.1 Å². The van der Waals surface area contributed by atoms with Gasteiger partial charge in [-0.25, -0.2) is 9.18 Å². The maximum atomic E-state index is 13.2. The van der Waals surface area contributed by atoms with Crippen LogP contribution in [0.1, 0.15) is 22.2 Å². The monoisotopic (exact) mass is 357 g/mol. The van der Waals surface area contributed by atoms with Crippen LogP contribution < -0.4 is 5.32 Å². The molecule has 0 radical (unpaired) electrons. The van der Waals surface area contributed by atoms with E-state index >= 15 is 0 Å². The van der Waals surface area contributed by atoms with Crippen molar-refractivity contribution in [3.8, 4) is 0 Å². The van der Waals surface area contributed by atoms with Gasteiger partial charge in [0, 0.05) is 10.4 Å². The normalized spacial score (nSPS) is 10.6. The fraction of sp³-hybridized carbons (Fsp3) is 0.158. The zero-order valence-electron chi connectivity index (χ0n) is 13.5. The zero-order valence-corrected chi connectivity index (χ0v) is 14.4. The average molecular weight is 357 g/mol. The summed E-state index contributed by atoms with van der Waals surface area (Å²) in [5, 5.41) is 3.65. The molecule has 4 nitrogen and oxygen atoms in total. The fourth-order valence-corrected chi connectivity index (χ4v) is 3.40. The van der Waals surface area contributed by atoms with Gasteiger partial charge in [0.1, 0.15) is 10.7 Å². The second kappa shape index (κ2) is 7.44. The van der Waals surface area contributed by atoms with Gasteiger partial charge in [0.25, 0.3) is 0 Å². The molecule has 0 aliphatic carbocycles. The molecule has 1 amide bonds. The highest BCUT2D eigenvalue weighted by molar-refractivity contribution is 7.20. The summed E-state index contributed by atoms with van der Waals surface area (Å²) >= 11 is 1.35. The number of rotatable bonds is 5. The maximum absolute atomic E-state index is 13.2. The molecule has 3 rings (SSSR count). The van der Waals surface area contributed by atoms with Crippen molar-refractivity contribution in [2.75, 3.05) is 11.9 Å². The van der Waals surface area contributed by atoms with E-state index < -0.39 is 0 Å². The summed E-state index contributed by atoms with van der Waals surface area (Å²) in [4.78, 5) is 24.4. The molecule has 1 N–H and O–H groups in total. The minimum absolute atomic E-state index is 0.0908. The van der Waals surface area contributed by atoms with Crippen molar-refractivity contribution >= 4 is 39.0 Å². The number of nitrogens with one attached hydrogen (secondary N) is 1. The number of hydrogen-bond donors (Lipinski definition) is 1. The molecular formula is C19H16FNO3S. The van der Waals surface area contributed by atoms with E-state index in [0.717, 1.165) is 10.1 Å². The number of benzene rings is 2. The van der Waals surface area contributed by atoms with Crippen LogP contribution >= 0.6 is 11.3 Å². The highest BCUT2D eigenvalue weighted by atomic mass is 32.1. The van der Waals surface area contributed by atoms with Gasteiger partial charge in [-0.1, -0.05) is 12.1 Å². The molecule has 1 aromatic heterocycles. The molecule has 0 saturated carbocycles. The summed E-state index contributed by atoms with van der Waals surface area (Å²) in [5.41, 5.74) is 1.24. The highest BCUT2D eigenvalue weighted by Crippen LogP contribution is 2.28. The Balaban J connectivity index is 1.73. The number of anilines is 1. The van der Waals surface area contributed by atoms with Crippen LogP contribution in [-0.2, 0) is 16.0 Å². The zero-order chi connectivity index (χ0) is 17.8. The largest absolute Gasteiger partial charge is 0.462 e. The van der Waals surface area contributed by atoms with Crippen LogP contribution in [0.25, 0.3) is 10.1 Å². The second-order valence-electron chi connectivity index (χ2n) is 5.44. The molecule has 2 aromatic carbocycles. The topological polar surface area (TPSA) is 55.4 Å². The van der Waals surface area contributed by atoms with E-state index in [1.807, 2.05) is 6.07 Å². The number of ether oxygens (including phenoxy) is 1. The Bertz CT molecular complexity index is 935. The van der Waals surface area contributed by atoms with Crippen LogP contribution in [0, 0.1) is 5.82 Å². The predicted octanol–water partition coefficient (Wildman–Crippen LogP) is 4.40. The van der Waals surface area contributed by atoms with Crippen molar-refractivity contribution in [1.82, 2.24) is 0 Å². The third-order valence-electron chi connectivity index (χ3n) is 3.53. The Morgan fingerprint density at radius 1 is 1.16 bits per heavy atom. The van der Waals surface area contributed by atoms with E-state index in [0.29, 0.717) is 22.7 Å². The molecule has 0 saturated heterocycles. The number of fused-ring (bicyclic) bond motifs is 1. The molecule has 0 spiro atoms. The number of carbonyl (C=O) groups is 2. The van der Waals surface area contributed by atoms with Gasteiger partial charge < -0.3 is 10.1 Å². The lowest BCUT2D eigenvalue weighted by Crippen LogP contribution is -2.14. The molecular weight excluding hydrogens is 341 g/mol. The van der Waals surface area contributed by atoms with Crippen LogP contribution in [0.4, 0.5) is 10.1 Å². The first-order valence-electron chi connectivity index (χ1n) is 7.80. The SMILES string of the molecule is CCOC(=O)c1cc2cc(NC(=O)Cc3cccc(F)c3)ccc2s1. The van der Waals surface area contributed by atoms with Crippen LogP contribution in [0.15, 0.2) is 48.5 Å². The molecule has 25 heavy (non-hydrogen) atoms.